The van der Waals surface area contributed by atoms with Gasteiger partial charge in [0.05, 0.1) is 0 Å². The van der Waals surface area contributed by atoms with Gasteiger partial charge in [0.2, 0.25) is 11.8 Å². The van der Waals surface area contributed by atoms with Crippen molar-refractivity contribution in [2.45, 2.75) is 51.0 Å². The Morgan fingerprint density at radius 3 is 1.32 bits per heavy atom. The van der Waals surface area contributed by atoms with Gasteiger partial charge >= 0.3 is 12.2 Å². The smallest absolute Gasteiger partial charge is 0.410 e. The van der Waals surface area contributed by atoms with E-state index in [-0.39, 0.29) is 25.0 Å². The molecule has 0 unspecified atom stereocenters. The molecule has 0 radical (unpaired) electrons. The summed E-state index contributed by atoms with van der Waals surface area (Å²) in [5.41, 5.74) is 4.94. The Kier molecular flexibility index (Phi) is 11.2. The van der Waals surface area contributed by atoms with Crippen LogP contribution < -0.4 is 10.6 Å². The van der Waals surface area contributed by atoms with Crippen LogP contribution in [0.15, 0.2) is 109 Å². The number of amides is 4. The number of hydrogen-bond acceptors (Lipinski definition) is 6. The summed E-state index contributed by atoms with van der Waals surface area (Å²) in [6.07, 6.45) is 5.58. The molecule has 2 heterocycles. The highest BCUT2D eigenvalue weighted by atomic mass is 16.6. The van der Waals surface area contributed by atoms with Crippen molar-refractivity contribution in [3.05, 3.63) is 131 Å². The molecule has 2 aliphatic heterocycles. The van der Waals surface area contributed by atoms with E-state index in [1.807, 2.05) is 121 Å². The van der Waals surface area contributed by atoms with Crippen molar-refractivity contribution in [2.75, 3.05) is 23.7 Å². The Balaban J connectivity index is 0.961. The first-order chi connectivity index (χ1) is 24.4. The molecule has 256 valence electrons. The van der Waals surface area contributed by atoms with E-state index in [4.69, 9.17) is 9.47 Å². The molecular formula is C40H40N4O6. The van der Waals surface area contributed by atoms with E-state index in [0.29, 0.717) is 37.3 Å². The van der Waals surface area contributed by atoms with Gasteiger partial charge in [-0.05, 0) is 72.2 Å². The molecule has 0 bridgehead atoms. The van der Waals surface area contributed by atoms with E-state index in [0.717, 1.165) is 35.1 Å². The molecule has 0 spiro atoms. The Bertz CT molecular complexity index is 1660. The maximum absolute atomic E-state index is 13.1. The summed E-state index contributed by atoms with van der Waals surface area (Å²) >= 11 is 0. The van der Waals surface area contributed by atoms with Gasteiger partial charge in [0.25, 0.3) is 0 Å². The molecule has 10 nitrogen and oxygen atoms in total. The van der Waals surface area contributed by atoms with Gasteiger partial charge in [0.15, 0.2) is 0 Å². The summed E-state index contributed by atoms with van der Waals surface area (Å²) in [6.45, 7) is 1.28. The first-order valence-corrected chi connectivity index (χ1v) is 16.9. The van der Waals surface area contributed by atoms with Crippen molar-refractivity contribution in [1.29, 1.82) is 0 Å². The zero-order valence-electron chi connectivity index (χ0n) is 27.7. The molecule has 0 saturated carbocycles. The van der Waals surface area contributed by atoms with E-state index in [1.165, 1.54) is 9.80 Å². The summed E-state index contributed by atoms with van der Waals surface area (Å²) < 4.78 is 10.9. The number of hydrogen-bond donors (Lipinski definition) is 2. The van der Waals surface area contributed by atoms with Gasteiger partial charge in [0, 0.05) is 24.5 Å². The molecule has 10 heteroatoms. The summed E-state index contributed by atoms with van der Waals surface area (Å²) in [6, 6.07) is 32.7. The minimum Gasteiger partial charge on any atom is -0.445 e. The fraction of sp³-hybridized carbons (Fsp3) is 0.250. The number of nitrogens with one attached hydrogen (secondary N) is 2. The number of benzene rings is 4. The fourth-order valence-corrected chi connectivity index (χ4v) is 6.12. The van der Waals surface area contributed by atoms with E-state index in [2.05, 4.69) is 10.6 Å². The molecule has 6 rings (SSSR count). The Morgan fingerprint density at radius 2 is 0.940 bits per heavy atom. The number of carbonyl (C=O) groups is 4. The average molecular weight is 673 g/mol. The molecule has 0 aliphatic carbocycles. The van der Waals surface area contributed by atoms with Crippen molar-refractivity contribution >= 4 is 47.5 Å². The van der Waals surface area contributed by atoms with Crippen molar-refractivity contribution in [2.24, 2.45) is 0 Å². The normalized spacial score (nSPS) is 17.0. The maximum Gasteiger partial charge on any atom is 0.410 e. The highest BCUT2D eigenvalue weighted by molar-refractivity contribution is 5.97. The molecule has 4 amide bonds. The highest BCUT2D eigenvalue weighted by Gasteiger charge is 2.36. The molecular weight excluding hydrogens is 632 g/mol. The summed E-state index contributed by atoms with van der Waals surface area (Å²) in [5, 5.41) is 5.86. The van der Waals surface area contributed by atoms with Crippen molar-refractivity contribution in [3.8, 4) is 0 Å². The molecule has 4 aromatic carbocycles. The lowest BCUT2D eigenvalue weighted by molar-refractivity contribution is -0.120. The second-order valence-corrected chi connectivity index (χ2v) is 12.3. The Hall–Kier alpha value is -5.90. The summed E-state index contributed by atoms with van der Waals surface area (Å²) in [4.78, 5) is 54.6. The van der Waals surface area contributed by atoms with E-state index in [1.54, 1.807) is 0 Å². The van der Waals surface area contributed by atoms with Crippen LogP contribution in [-0.2, 0) is 32.3 Å². The Labute approximate surface area is 291 Å². The molecule has 2 saturated heterocycles. The van der Waals surface area contributed by atoms with Crippen LogP contribution in [0.1, 0.15) is 47.9 Å². The van der Waals surface area contributed by atoms with Gasteiger partial charge in [-0.1, -0.05) is 97.1 Å². The SMILES string of the molecule is O=C(Nc1ccc(C=Cc2ccc(NC(=O)[C@@H]3CCCN3C(=O)OCc3ccccc3)cc2)cc1)[C@@H]1CCCN1C(=O)OCc1ccccc1. The lowest BCUT2D eigenvalue weighted by Gasteiger charge is -2.23. The van der Waals surface area contributed by atoms with Gasteiger partial charge in [-0.25, -0.2) is 9.59 Å². The van der Waals surface area contributed by atoms with Crippen molar-refractivity contribution in [3.63, 3.8) is 0 Å². The fourth-order valence-electron chi connectivity index (χ4n) is 6.12. The van der Waals surface area contributed by atoms with Gasteiger partial charge in [-0.2, -0.15) is 0 Å². The summed E-state index contributed by atoms with van der Waals surface area (Å²) in [7, 11) is 0. The van der Waals surface area contributed by atoms with E-state index < -0.39 is 24.3 Å². The molecule has 2 fully saturated rings. The maximum atomic E-state index is 13.1. The van der Waals surface area contributed by atoms with Crippen LogP contribution in [0, 0.1) is 0 Å². The Morgan fingerprint density at radius 1 is 0.560 bits per heavy atom. The average Bonchev–Trinajstić information content (AvgIpc) is 3.86. The molecule has 2 aliphatic rings. The highest BCUT2D eigenvalue weighted by Crippen LogP contribution is 2.23. The zero-order chi connectivity index (χ0) is 34.7. The quantitative estimate of drug-likeness (QED) is 0.170. The molecule has 2 N–H and O–H groups in total. The number of anilines is 2. The van der Waals surface area contributed by atoms with E-state index in [9.17, 15) is 19.2 Å². The third-order valence-electron chi connectivity index (χ3n) is 8.81. The molecule has 50 heavy (non-hydrogen) atoms. The number of carbonyl (C=O) groups excluding carboxylic acids is 4. The number of likely N-dealkylation sites (tertiary alicyclic amines) is 2. The second-order valence-electron chi connectivity index (χ2n) is 12.3. The largest absolute Gasteiger partial charge is 0.445 e. The third-order valence-corrected chi connectivity index (χ3v) is 8.81. The predicted molar refractivity (Wildman–Crippen MR) is 192 cm³/mol. The number of ether oxygens (including phenoxy) is 2. The minimum absolute atomic E-state index is 0.162. The standard InChI is InChI=1S/C40H40N4O6/c45-37(35-13-7-25-43(35)39(47)49-27-31-9-3-1-4-10-31)41-33-21-17-29(18-22-33)15-16-30-19-23-34(24-20-30)42-38(46)36-14-8-26-44(36)40(48)50-28-32-11-5-2-6-12-32/h1-6,9-12,15-24,35-36H,7-8,13-14,25-28H2,(H,41,45)(H,42,46)/t35-,36-/m0/s1. The molecule has 2 atom stereocenters. The van der Waals surface area contributed by atoms with Gasteiger partial charge in [-0.3, -0.25) is 19.4 Å². The van der Waals surface area contributed by atoms with Crippen LogP contribution in [0.4, 0.5) is 21.0 Å². The van der Waals surface area contributed by atoms with Crippen LogP contribution >= 0.6 is 0 Å². The zero-order valence-corrected chi connectivity index (χ0v) is 27.7. The predicted octanol–water partition coefficient (Wildman–Crippen LogP) is 7.34. The lowest BCUT2D eigenvalue weighted by Crippen LogP contribution is -2.43. The van der Waals surface area contributed by atoms with Crippen LogP contribution in [0.2, 0.25) is 0 Å². The first kappa shape index (κ1) is 34.0. The monoisotopic (exact) mass is 672 g/mol. The van der Waals surface area contributed by atoms with Gasteiger partial charge < -0.3 is 20.1 Å². The van der Waals surface area contributed by atoms with Crippen LogP contribution in [0.5, 0.6) is 0 Å². The van der Waals surface area contributed by atoms with Crippen LogP contribution in [-0.4, -0.2) is 59.0 Å². The topological polar surface area (TPSA) is 117 Å². The van der Waals surface area contributed by atoms with Gasteiger partial charge in [0.1, 0.15) is 25.3 Å². The van der Waals surface area contributed by atoms with Crippen molar-refractivity contribution in [1.82, 2.24) is 9.80 Å². The molecule has 0 aromatic heterocycles. The third kappa shape index (κ3) is 8.96. The first-order valence-electron chi connectivity index (χ1n) is 16.9. The summed E-state index contributed by atoms with van der Waals surface area (Å²) in [5.74, 6) is -0.475. The second kappa shape index (κ2) is 16.5. The number of rotatable bonds is 10. The van der Waals surface area contributed by atoms with Crippen molar-refractivity contribution < 1.29 is 28.7 Å². The van der Waals surface area contributed by atoms with Gasteiger partial charge in [-0.15, -0.1) is 0 Å². The minimum atomic E-state index is -0.580. The lowest BCUT2D eigenvalue weighted by atomic mass is 10.1. The van der Waals surface area contributed by atoms with E-state index >= 15 is 0 Å². The number of nitrogens with zero attached hydrogens (tertiary/aromatic N) is 2. The molecule has 4 aromatic rings. The van der Waals surface area contributed by atoms with Crippen LogP contribution in [0.3, 0.4) is 0 Å². The van der Waals surface area contributed by atoms with Crippen LogP contribution in [0.25, 0.3) is 12.2 Å².